The third-order valence-corrected chi connectivity index (χ3v) is 2.92. The topological polar surface area (TPSA) is 26.1 Å². The highest BCUT2D eigenvalue weighted by atomic mass is 35.5. The Morgan fingerprint density at radius 3 is 2.06 bits per heavy atom. The maximum absolute atomic E-state index is 11.9. The van der Waals surface area contributed by atoms with Crippen molar-refractivity contribution in [2.75, 3.05) is 0 Å². The van der Waals surface area contributed by atoms with Crippen LogP contribution in [0.5, 0.6) is 0 Å². The highest BCUT2D eigenvalue weighted by Gasteiger charge is 2.07. The molecule has 0 radical (unpaired) electrons. The Hall–Kier alpha value is -1.51. The number of para-hydroxylation sites is 1. The molecule has 0 saturated heterocycles. The van der Waals surface area contributed by atoms with Gasteiger partial charge in [0.15, 0.2) is 6.21 Å². The molecule has 0 aromatic heterocycles. The van der Waals surface area contributed by atoms with Crippen molar-refractivity contribution in [3.8, 4) is 0 Å². The van der Waals surface area contributed by atoms with Crippen molar-refractivity contribution in [3.63, 3.8) is 0 Å². The average molecular weight is 266 g/mol. The van der Waals surface area contributed by atoms with Gasteiger partial charge in [-0.15, -0.1) is 0 Å². The second-order valence-corrected chi connectivity index (χ2v) is 4.24. The summed E-state index contributed by atoms with van der Waals surface area (Å²) in [7, 11) is 0. The standard InChI is InChI=1S/C13H9Cl2NO/c14-12-7-4-8-13(15)11(12)9-16(17)10-5-2-1-3-6-10/h1-9H. The molecule has 0 heterocycles. The summed E-state index contributed by atoms with van der Waals surface area (Å²) in [4.78, 5) is 0. The van der Waals surface area contributed by atoms with Gasteiger partial charge in [-0.05, 0) is 12.1 Å². The van der Waals surface area contributed by atoms with Gasteiger partial charge in [-0.3, -0.25) is 0 Å². The minimum Gasteiger partial charge on any atom is -0.618 e. The quantitative estimate of drug-likeness (QED) is 0.345. The van der Waals surface area contributed by atoms with E-state index in [0.717, 1.165) is 4.74 Å². The molecule has 0 bridgehead atoms. The lowest BCUT2D eigenvalue weighted by molar-refractivity contribution is -0.354. The van der Waals surface area contributed by atoms with E-state index in [2.05, 4.69) is 0 Å². The van der Waals surface area contributed by atoms with Crippen LogP contribution in [-0.4, -0.2) is 11.0 Å². The molecule has 0 unspecified atom stereocenters. The van der Waals surface area contributed by atoms with Crippen molar-refractivity contribution in [2.45, 2.75) is 0 Å². The molecular weight excluding hydrogens is 257 g/mol. The number of nitrogens with zero attached hydrogens (tertiary/aromatic N) is 1. The van der Waals surface area contributed by atoms with Gasteiger partial charge < -0.3 is 5.21 Å². The number of halogens is 2. The lowest BCUT2D eigenvalue weighted by Gasteiger charge is -2.04. The van der Waals surface area contributed by atoms with E-state index < -0.39 is 0 Å². The van der Waals surface area contributed by atoms with Crippen LogP contribution in [0.25, 0.3) is 0 Å². The van der Waals surface area contributed by atoms with E-state index in [9.17, 15) is 5.21 Å². The van der Waals surface area contributed by atoms with Crippen LogP contribution in [0, 0.1) is 5.21 Å². The smallest absolute Gasteiger partial charge is 0.216 e. The third kappa shape index (κ3) is 2.78. The first-order chi connectivity index (χ1) is 8.18. The van der Waals surface area contributed by atoms with Gasteiger partial charge in [-0.1, -0.05) is 47.5 Å². The monoisotopic (exact) mass is 265 g/mol. The lowest BCUT2D eigenvalue weighted by Crippen LogP contribution is -1.99. The van der Waals surface area contributed by atoms with Gasteiger partial charge in [0.2, 0.25) is 5.69 Å². The summed E-state index contributed by atoms with van der Waals surface area (Å²) in [6.07, 6.45) is 1.38. The molecule has 0 aliphatic heterocycles. The van der Waals surface area contributed by atoms with Crippen molar-refractivity contribution in [1.29, 1.82) is 0 Å². The van der Waals surface area contributed by atoms with Crippen molar-refractivity contribution in [3.05, 3.63) is 69.3 Å². The number of hydrogen-bond donors (Lipinski definition) is 0. The van der Waals surface area contributed by atoms with Crippen LogP contribution in [-0.2, 0) is 0 Å². The van der Waals surface area contributed by atoms with Crippen LogP contribution in [0.1, 0.15) is 5.56 Å². The first kappa shape index (κ1) is 12.0. The molecule has 2 aromatic rings. The van der Waals surface area contributed by atoms with E-state index in [1.165, 1.54) is 6.21 Å². The molecule has 0 fully saturated rings. The highest BCUT2D eigenvalue weighted by molar-refractivity contribution is 6.38. The van der Waals surface area contributed by atoms with E-state index in [0.29, 0.717) is 21.3 Å². The fourth-order valence-electron chi connectivity index (χ4n) is 1.40. The zero-order valence-electron chi connectivity index (χ0n) is 8.81. The second-order valence-electron chi connectivity index (χ2n) is 3.43. The highest BCUT2D eigenvalue weighted by Crippen LogP contribution is 2.23. The van der Waals surface area contributed by atoms with E-state index in [1.54, 1.807) is 42.5 Å². The molecular formula is C13H9Cl2NO. The molecule has 2 aromatic carbocycles. The SMILES string of the molecule is [O-][N+](=Cc1c(Cl)cccc1Cl)c1ccccc1. The molecule has 17 heavy (non-hydrogen) atoms. The van der Waals surface area contributed by atoms with Crippen molar-refractivity contribution in [2.24, 2.45) is 0 Å². The van der Waals surface area contributed by atoms with Crippen molar-refractivity contribution >= 4 is 35.1 Å². The normalized spacial score (nSPS) is 11.5. The summed E-state index contributed by atoms with van der Waals surface area (Å²) < 4.78 is 0.743. The predicted octanol–water partition coefficient (Wildman–Crippen LogP) is 4.25. The molecule has 86 valence electrons. The van der Waals surface area contributed by atoms with Crippen molar-refractivity contribution in [1.82, 2.24) is 0 Å². The summed E-state index contributed by atoms with van der Waals surface area (Å²) in [6.45, 7) is 0. The molecule has 2 nitrogen and oxygen atoms in total. The Morgan fingerprint density at radius 1 is 0.882 bits per heavy atom. The van der Waals surface area contributed by atoms with Gasteiger partial charge in [0.05, 0.1) is 15.6 Å². The zero-order chi connectivity index (χ0) is 12.3. The molecule has 0 aliphatic rings. The van der Waals surface area contributed by atoms with Gasteiger partial charge in [0, 0.05) is 12.1 Å². The lowest BCUT2D eigenvalue weighted by atomic mass is 10.2. The summed E-state index contributed by atoms with van der Waals surface area (Å²) in [5.74, 6) is 0. The van der Waals surface area contributed by atoms with E-state index >= 15 is 0 Å². The number of hydrogen-bond acceptors (Lipinski definition) is 1. The molecule has 0 spiro atoms. The maximum Gasteiger partial charge on any atom is 0.216 e. The first-order valence-electron chi connectivity index (χ1n) is 4.99. The third-order valence-electron chi connectivity index (χ3n) is 2.26. The Bertz CT molecular complexity index is 532. The fraction of sp³-hybridized carbons (Fsp3) is 0. The van der Waals surface area contributed by atoms with Gasteiger partial charge >= 0.3 is 0 Å². The van der Waals surface area contributed by atoms with Crippen LogP contribution < -0.4 is 0 Å². The van der Waals surface area contributed by atoms with Crippen LogP contribution in [0.15, 0.2) is 48.5 Å². The van der Waals surface area contributed by atoms with Crippen LogP contribution >= 0.6 is 23.2 Å². The number of benzene rings is 2. The molecule has 0 atom stereocenters. The summed E-state index contributed by atoms with van der Waals surface area (Å²) in [5.41, 5.74) is 1.05. The fourth-order valence-corrected chi connectivity index (χ4v) is 1.90. The Kier molecular flexibility index (Phi) is 3.67. The first-order valence-corrected chi connectivity index (χ1v) is 5.74. The Balaban J connectivity index is 2.43. The minimum absolute atomic E-state index is 0.453. The molecule has 0 aliphatic carbocycles. The van der Waals surface area contributed by atoms with Crippen LogP contribution in [0.3, 0.4) is 0 Å². The van der Waals surface area contributed by atoms with Gasteiger partial charge in [0.25, 0.3) is 0 Å². The Morgan fingerprint density at radius 2 is 1.47 bits per heavy atom. The second kappa shape index (κ2) is 5.21. The minimum atomic E-state index is 0.453. The van der Waals surface area contributed by atoms with Crippen LogP contribution in [0.2, 0.25) is 10.0 Å². The maximum atomic E-state index is 11.9. The average Bonchev–Trinajstić information content (AvgIpc) is 2.35. The molecule has 0 amide bonds. The zero-order valence-corrected chi connectivity index (χ0v) is 10.3. The summed E-state index contributed by atoms with van der Waals surface area (Å²) in [5, 5.41) is 12.8. The largest absolute Gasteiger partial charge is 0.618 e. The van der Waals surface area contributed by atoms with Crippen LogP contribution in [0.4, 0.5) is 5.69 Å². The number of rotatable bonds is 2. The van der Waals surface area contributed by atoms with Crippen molar-refractivity contribution < 1.29 is 4.74 Å². The van der Waals surface area contributed by atoms with E-state index in [-0.39, 0.29) is 0 Å². The van der Waals surface area contributed by atoms with Gasteiger partial charge in [-0.2, -0.15) is 4.74 Å². The van der Waals surface area contributed by atoms with Gasteiger partial charge in [0.1, 0.15) is 0 Å². The summed E-state index contributed by atoms with van der Waals surface area (Å²) >= 11 is 12.0. The molecule has 4 heteroatoms. The summed E-state index contributed by atoms with van der Waals surface area (Å²) in [6, 6.07) is 14.0. The van der Waals surface area contributed by atoms with Gasteiger partial charge in [-0.25, -0.2) is 0 Å². The Labute approximate surface area is 109 Å². The van der Waals surface area contributed by atoms with E-state index in [4.69, 9.17) is 23.2 Å². The molecule has 0 saturated carbocycles. The molecule has 2 rings (SSSR count). The predicted molar refractivity (Wildman–Crippen MR) is 71.4 cm³/mol. The molecule has 0 N–H and O–H groups in total. The van der Waals surface area contributed by atoms with E-state index in [1.807, 2.05) is 6.07 Å².